The van der Waals surface area contributed by atoms with Crippen LogP contribution in [0.2, 0.25) is 0 Å². The monoisotopic (exact) mass is 373 g/mol. The van der Waals surface area contributed by atoms with Crippen LogP contribution in [0.4, 0.5) is 5.13 Å². The summed E-state index contributed by atoms with van der Waals surface area (Å²) in [5.74, 6) is -0.812. The van der Waals surface area contributed by atoms with E-state index in [9.17, 15) is 9.59 Å². The number of halogens is 1. The summed E-state index contributed by atoms with van der Waals surface area (Å²) >= 11 is 3.13. The van der Waals surface area contributed by atoms with Crippen LogP contribution in [0.25, 0.3) is 0 Å². The second-order valence-electron chi connectivity index (χ2n) is 3.33. The molecule has 0 aliphatic carbocycles. The first kappa shape index (κ1) is 13.0. The highest BCUT2D eigenvalue weighted by atomic mass is 127. The molecule has 2 rings (SSSR count). The smallest absolute Gasteiger partial charge is 0.260 e. The summed E-state index contributed by atoms with van der Waals surface area (Å²) in [6.45, 7) is 0. The zero-order valence-corrected chi connectivity index (χ0v) is 12.0. The number of amides is 2. The van der Waals surface area contributed by atoms with Crippen LogP contribution < -0.4 is 11.1 Å². The topological polar surface area (TPSA) is 85.1 Å². The van der Waals surface area contributed by atoms with Crippen LogP contribution in [-0.4, -0.2) is 16.8 Å². The van der Waals surface area contributed by atoms with E-state index in [0.717, 1.165) is 14.9 Å². The van der Waals surface area contributed by atoms with Crippen molar-refractivity contribution in [3.8, 4) is 0 Å². The Hall–Kier alpha value is -1.48. The van der Waals surface area contributed by atoms with E-state index in [1.807, 2.05) is 12.1 Å². The van der Waals surface area contributed by atoms with Gasteiger partial charge in [0.2, 0.25) is 0 Å². The van der Waals surface area contributed by atoms with Crippen LogP contribution >= 0.6 is 33.9 Å². The molecule has 1 aromatic heterocycles. The van der Waals surface area contributed by atoms with E-state index < -0.39 is 5.91 Å². The van der Waals surface area contributed by atoms with Crippen molar-refractivity contribution in [2.24, 2.45) is 5.73 Å². The first-order valence-corrected chi connectivity index (χ1v) is 6.79. The van der Waals surface area contributed by atoms with Gasteiger partial charge in [-0.2, -0.15) is 0 Å². The van der Waals surface area contributed by atoms with Gasteiger partial charge >= 0.3 is 0 Å². The van der Waals surface area contributed by atoms with Crippen molar-refractivity contribution in [2.45, 2.75) is 0 Å². The predicted molar refractivity (Wildman–Crippen MR) is 77.7 cm³/mol. The van der Waals surface area contributed by atoms with Crippen molar-refractivity contribution in [2.75, 3.05) is 5.32 Å². The van der Waals surface area contributed by atoms with Gasteiger partial charge in [-0.3, -0.25) is 14.9 Å². The highest BCUT2D eigenvalue weighted by Crippen LogP contribution is 2.19. The van der Waals surface area contributed by atoms with Crippen LogP contribution in [-0.2, 0) is 0 Å². The molecule has 92 valence electrons. The number of aromatic nitrogens is 1. The molecule has 0 aliphatic rings. The molecule has 0 spiro atoms. The first-order valence-electron chi connectivity index (χ1n) is 4.89. The number of primary amides is 1. The van der Waals surface area contributed by atoms with Gasteiger partial charge < -0.3 is 5.73 Å². The number of nitrogens with two attached hydrogens (primary N) is 1. The number of carbonyl (C=O) groups is 2. The minimum Gasteiger partial charge on any atom is -0.365 e. The fraction of sp³-hybridized carbons (Fsp3) is 0. The molecule has 2 amide bonds. The Morgan fingerprint density at radius 3 is 2.67 bits per heavy atom. The SMILES string of the molecule is NC(=O)c1cnc(NC(=O)c2ccccc2I)s1. The lowest BCUT2D eigenvalue weighted by Crippen LogP contribution is -2.13. The Kier molecular flexibility index (Phi) is 3.92. The van der Waals surface area contributed by atoms with Gasteiger partial charge in [-0.25, -0.2) is 4.98 Å². The van der Waals surface area contributed by atoms with E-state index in [1.54, 1.807) is 12.1 Å². The van der Waals surface area contributed by atoms with Crippen LogP contribution in [0.15, 0.2) is 30.5 Å². The Morgan fingerprint density at radius 2 is 2.06 bits per heavy atom. The Balaban J connectivity index is 2.16. The van der Waals surface area contributed by atoms with Gasteiger partial charge in [0.25, 0.3) is 11.8 Å². The molecule has 0 unspecified atom stereocenters. The highest BCUT2D eigenvalue weighted by Gasteiger charge is 2.12. The summed E-state index contributed by atoms with van der Waals surface area (Å²) in [7, 11) is 0. The van der Waals surface area contributed by atoms with Gasteiger partial charge in [-0.15, -0.1) is 0 Å². The van der Waals surface area contributed by atoms with E-state index in [4.69, 9.17) is 5.73 Å². The van der Waals surface area contributed by atoms with Crippen molar-refractivity contribution in [1.82, 2.24) is 4.98 Å². The van der Waals surface area contributed by atoms with Gasteiger partial charge in [-0.05, 0) is 34.7 Å². The summed E-state index contributed by atoms with van der Waals surface area (Å²) in [6, 6.07) is 7.20. The number of nitrogens with zero attached hydrogens (tertiary/aromatic N) is 1. The molecule has 1 aromatic carbocycles. The Bertz CT molecular complexity index is 612. The van der Waals surface area contributed by atoms with Gasteiger partial charge in [0.15, 0.2) is 5.13 Å². The van der Waals surface area contributed by atoms with Crippen LogP contribution in [0.3, 0.4) is 0 Å². The van der Waals surface area contributed by atoms with Gasteiger partial charge in [0, 0.05) is 3.57 Å². The molecule has 0 saturated heterocycles. The number of carbonyl (C=O) groups excluding carboxylic acids is 2. The number of hydrogen-bond acceptors (Lipinski definition) is 4. The van der Waals surface area contributed by atoms with Crippen molar-refractivity contribution in [1.29, 1.82) is 0 Å². The number of thiazole rings is 1. The molecule has 0 saturated carbocycles. The quantitative estimate of drug-likeness (QED) is 0.809. The standard InChI is InChI=1S/C11H8IN3O2S/c12-7-4-2-1-3-6(7)10(17)15-11-14-5-8(18-11)9(13)16/h1-5H,(H2,13,16)(H,14,15,17). The second-order valence-corrected chi connectivity index (χ2v) is 5.52. The lowest BCUT2D eigenvalue weighted by atomic mass is 10.2. The van der Waals surface area contributed by atoms with Gasteiger partial charge in [0.1, 0.15) is 4.88 Å². The fourth-order valence-electron chi connectivity index (χ4n) is 1.26. The zero-order valence-electron chi connectivity index (χ0n) is 9.01. The normalized spacial score (nSPS) is 10.1. The van der Waals surface area contributed by atoms with Crippen molar-refractivity contribution in [3.63, 3.8) is 0 Å². The van der Waals surface area contributed by atoms with Crippen molar-refractivity contribution < 1.29 is 9.59 Å². The van der Waals surface area contributed by atoms with Crippen molar-refractivity contribution >= 4 is 50.9 Å². The van der Waals surface area contributed by atoms with Crippen LogP contribution in [0.1, 0.15) is 20.0 Å². The molecule has 18 heavy (non-hydrogen) atoms. The van der Waals surface area contributed by atoms with Crippen LogP contribution in [0, 0.1) is 3.57 Å². The van der Waals surface area contributed by atoms with Gasteiger partial charge in [-0.1, -0.05) is 23.5 Å². The van der Waals surface area contributed by atoms with E-state index in [-0.39, 0.29) is 5.91 Å². The third-order valence-electron chi connectivity index (χ3n) is 2.09. The average molecular weight is 373 g/mol. The summed E-state index contributed by atoms with van der Waals surface area (Å²) in [6.07, 6.45) is 1.35. The second kappa shape index (κ2) is 5.44. The largest absolute Gasteiger partial charge is 0.365 e. The van der Waals surface area contributed by atoms with E-state index in [1.165, 1.54) is 6.20 Å². The molecule has 0 aliphatic heterocycles. The fourth-order valence-corrected chi connectivity index (χ4v) is 2.55. The lowest BCUT2D eigenvalue weighted by Gasteiger charge is -2.03. The number of anilines is 1. The molecule has 2 aromatic rings. The van der Waals surface area contributed by atoms with E-state index >= 15 is 0 Å². The number of nitrogens with one attached hydrogen (secondary N) is 1. The highest BCUT2D eigenvalue weighted by molar-refractivity contribution is 14.1. The Labute approximate surface area is 121 Å². The van der Waals surface area contributed by atoms with E-state index in [0.29, 0.717) is 15.6 Å². The Morgan fingerprint density at radius 1 is 1.33 bits per heavy atom. The molecule has 5 nitrogen and oxygen atoms in total. The van der Waals surface area contributed by atoms with Gasteiger partial charge in [0.05, 0.1) is 11.8 Å². The summed E-state index contributed by atoms with van der Waals surface area (Å²) in [5.41, 5.74) is 5.67. The minimum absolute atomic E-state index is 0.259. The van der Waals surface area contributed by atoms with Crippen molar-refractivity contribution in [3.05, 3.63) is 44.5 Å². The molecule has 0 fully saturated rings. The summed E-state index contributed by atoms with van der Waals surface area (Å²) in [5, 5.41) is 2.99. The number of benzene rings is 1. The molecule has 1 heterocycles. The van der Waals surface area contributed by atoms with Crippen LogP contribution in [0.5, 0.6) is 0 Å². The third kappa shape index (κ3) is 2.85. The first-order chi connectivity index (χ1) is 8.58. The maximum atomic E-state index is 11.9. The minimum atomic E-state index is -0.553. The van der Waals surface area contributed by atoms with E-state index in [2.05, 4.69) is 32.9 Å². The maximum absolute atomic E-state index is 11.9. The number of hydrogen-bond donors (Lipinski definition) is 2. The molecular weight excluding hydrogens is 365 g/mol. The number of rotatable bonds is 3. The zero-order chi connectivity index (χ0) is 13.1. The molecule has 0 radical (unpaired) electrons. The molecule has 3 N–H and O–H groups in total. The average Bonchev–Trinajstić information content (AvgIpc) is 2.78. The molecule has 0 atom stereocenters. The maximum Gasteiger partial charge on any atom is 0.260 e. The molecular formula is C11H8IN3O2S. The summed E-state index contributed by atoms with van der Waals surface area (Å²) < 4.78 is 0.847. The lowest BCUT2D eigenvalue weighted by molar-refractivity contribution is 0.100. The predicted octanol–water partition coefficient (Wildman–Crippen LogP) is 2.10. The molecule has 0 bridgehead atoms. The third-order valence-corrected chi connectivity index (χ3v) is 3.96. The summed E-state index contributed by atoms with van der Waals surface area (Å²) in [4.78, 5) is 27.1. The molecule has 7 heteroatoms.